The van der Waals surface area contributed by atoms with Gasteiger partial charge in [0.25, 0.3) is 0 Å². The fourth-order valence-electron chi connectivity index (χ4n) is 3.58. The summed E-state index contributed by atoms with van der Waals surface area (Å²) < 4.78 is 1.71. The minimum absolute atomic E-state index is 0.0508. The molecule has 8 nitrogen and oxygen atoms in total. The van der Waals surface area contributed by atoms with Crippen molar-refractivity contribution < 1.29 is 4.79 Å². The van der Waals surface area contributed by atoms with E-state index < -0.39 is 0 Å². The van der Waals surface area contributed by atoms with E-state index in [4.69, 9.17) is 0 Å². The summed E-state index contributed by atoms with van der Waals surface area (Å²) in [4.78, 5) is 23.1. The number of carbonyl (C=O) groups is 1. The summed E-state index contributed by atoms with van der Waals surface area (Å²) in [5.41, 5.74) is 3.34. The molecule has 2 heterocycles. The molecule has 8 heteroatoms. The quantitative estimate of drug-likeness (QED) is 0.608. The van der Waals surface area contributed by atoms with E-state index in [9.17, 15) is 4.79 Å². The van der Waals surface area contributed by atoms with Crippen molar-refractivity contribution in [1.29, 1.82) is 0 Å². The summed E-state index contributed by atoms with van der Waals surface area (Å²) in [6.45, 7) is 4.43. The van der Waals surface area contributed by atoms with Gasteiger partial charge in [0, 0.05) is 39.9 Å². The number of amides is 1. The molecule has 3 rings (SSSR count). The number of hydrogen-bond acceptors (Lipinski definition) is 4. The Morgan fingerprint density at radius 2 is 2.00 bits per heavy atom. The Morgan fingerprint density at radius 1 is 1.28 bits per heavy atom. The number of aryl methyl sites for hydroxylation is 2. The first-order chi connectivity index (χ1) is 13.9. The van der Waals surface area contributed by atoms with Gasteiger partial charge >= 0.3 is 0 Å². The van der Waals surface area contributed by atoms with Crippen LogP contribution in [0.1, 0.15) is 17.2 Å². The molecule has 0 aliphatic carbocycles. The van der Waals surface area contributed by atoms with Gasteiger partial charge in [0.1, 0.15) is 6.54 Å². The molecule has 0 radical (unpaired) electrons. The standard InChI is InChI=1S/C21H31N7O/c1-16-6-8-17(9-7-16)19(25(3)4)13-23-21(22-2)27-10-11-28(20(29)15-27)18-12-24-26(5)14-18/h6-9,12,14,19H,10-11,13,15H2,1-5H3,(H,22,23). The predicted molar refractivity (Wildman–Crippen MR) is 116 cm³/mol. The van der Waals surface area contributed by atoms with E-state index in [1.165, 1.54) is 11.1 Å². The molecule has 1 aliphatic heterocycles. The second-order valence-electron chi connectivity index (χ2n) is 7.66. The monoisotopic (exact) mass is 397 g/mol. The minimum atomic E-state index is 0.0508. The minimum Gasteiger partial charge on any atom is -0.354 e. The van der Waals surface area contributed by atoms with Crippen molar-refractivity contribution in [2.24, 2.45) is 12.0 Å². The molecule has 1 unspecified atom stereocenters. The normalized spacial score (nSPS) is 16.5. The third-order valence-corrected chi connectivity index (χ3v) is 5.27. The van der Waals surface area contributed by atoms with Gasteiger partial charge in [-0.25, -0.2) is 0 Å². The molecular weight excluding hydrogens is 366 g/mol. The Labute approximate surface area is 172 Å². The molecule has 1 amide bonds. The zero-order valence-corrected chi connectivity index (χ0v) is 18.0. The van der Waals surface area contributed by atoms with Crippen LogP contribution < -0.4 is 10.2 Å². The van der Waals surface area contributed by atoms with Crippen molar-refractivity contribution in [3.63, 3.8) is 0 Å². The van der Waals surface area contributed by atoms with Crippen LogP contribution in [0.3, 0.4) is 0 Å². The van der Waals surface area contributed by atoms with E-state index in [0.29, 0.717) is 19.6 Å². The van der Waals surface area contributed by atoms with E-state index in [1.54, 1.807) is 22.8 Å². The molecule has 0 spiro atoms. The third kappa shape index (κ3) is 4.95. The Morgan fingerprint density at radius 3 is 2.55 bits per heavy atom. The highest BCUT2D eigenvalue weighted by Gasteiger charge is 2.28. The predicted octanol–water partition coefficient (Wildman–Crippen LogP) is 1.26. The highest BCUT2D eigenvalue weighted by Crippen LogP contribution is 2.19. The number of aromatic nitrogens is 2. The lowest BCUT2D eigenvalue weighted by Gasteiger charge is -2.36. The molecule has 29 heavy (non-hydrogen) atoms. The zero-order chi connectivity index (χ0) is 21.0. The van der Waals surface area contributed by atoms with E-state index in [0.717, 1.165) is 18.2 Å². The van der Waals surface area contributed by atoms with Crippen LogP contribution in [0.2, 0.25) is 0 Å². The van der Waals surface area contributed by atoms with E-state index in [1.807, 2.05) is 18.1 Å². The molecule has 2 aromatic rings. The Bertz CT molecular complexity index is 856. The Balaban J connectivity index is 1.62. The number of rotatable bonds is 5. The van der Waals surface area contributed by atoms with Gasteiger partial charge in [-0.15, -0.1) is 0 Å². The molecular formula is C21H31N7O. The fraction of sp³-hybridized carbons (Fsp3) is 0.476. The van der Waals surface area contributed by atoms with Crippen LogP contribution in [-0.4, -0.2) is 78.8 Å². The van der Waals surface area contributed by atoms with E-state index in [2.05, 4.69) is 65.6 Å². The largest absolute Gasteiger partial charge is 0.354 e. The van der Waals surface area contributed by atoms with Crippen LogP contribution in [0.5, 0.6) is 0 Å². The Kier molecular flexibility index (Phi) is 6.53. The van der Waals surface area contributed by atoms with Crippen LogP contribution in [0.4, 0.5) is 5.69 Å². The van der Waals surface area contributed by atoms with Crippen molar-refractivity contribution in [2.75, 3.05) is 52.2 Å². The molecule has 1 N–H and O–H groups in total. The second kappa shape index (κ2) is 9.09. The first kappa shape index (κ1) is 20.9. The average Bonchev–Trinajstić information content (AvgIpc) is 3.12. The van der Waals surface area contributed by atoms with Gasteiger partial charge in [0.15, 0.2) is 5.96 Å². The molecule has 1 aromatic heterocycles. The maximum atomic E-state index is 12.7. The molecule has 1 saturated heterocycles. The molecule has 1 fully saturated rings. The molecule has 0 saturated carbocycles. The van der Waals surface area contributed by atoms with Crippen molar-refractivity contribution >= 4 is 17.6 Å². The highest BCUT2D eigenvalue weighted by molar-refractivity contribution is 5.98. The maximum Gasteiger partial charge on any atom is 0.246 e. The maximum absolute atomic E-state index is 12.7. The smallest absolute Gasteiger partial charge is 0.246 e. The number of likely N-dealkylation sites (N-methyl/N-ethyl adjacent to an activating group) is 1. The average molecular weight is 398 g/mol. The van der Waals surface area contributed by atoms with Crippen LogP contribution in [-0.2, 0) is 11.8 Å². The van der Waals surface area contributed by atoms with Crippen LogP contribution in [0, 0.1) is 6.92 Å². The summed E-state index contributed by atoms with van der Waals surface area (Å²) in [6.07, 6.45) is 3.59. The number of hydrogen-bond donors (Lipinski definition) is 1. The zero-order valence-electron chi connectivity index (χ0n) is 18.0. The van der Waals surface area contributed by atoms with Gasteiger partial charge in [-0.1, -0.05) is 29.8 Å². The summed E-state index contributed by atoms with van der Waals surface area (Å²) >= 11 is 0. The third-order valence-electron chi connectivity index (χ3n) is 5.27. The molecule has 1 aliphatic rings. The number of guanidine groups is 1. The molecule has 1 atom stereocenters. The Hall–Kier alpha value is -2.87. The summed E-state index contributed by atoms with van der Waals surface area (Å²) in [5, 5.41) is 7.62. The summed E-state index contributed by atoms with van der Waals surface area (Å²) in [6, 6.07) is 8.81. The molecule has 0 bridgehead atoms. The first-order valence-electron chi connectivity index (χ1n) is 9.86. The number of carbonyl (C=O) groups excluding carboxylic acids is 1. The second-order valence-corrected chi connectivity index (χ2v) is 7.66. The fourth-order valence-corrected chi connectivity index (χ4v) is 3.58. The lowest BCUT2D eigenvalue weighted by molar-refractivity contribution is -0.120. The molecule has 156 valence electrons. The lowest BCUT2D eigenvalue weighted by atomic mass is 10.0. The van der Waals surface area contributed by atoms with Crippen molar-refractivity contribution in [3.05, 3.63) is 47.8 Å². The topological polar surface area (TPSA) is 69.0 Å². The van der Waals surface area contributed by atoms with Crippen LogP contribution in [0.25, 0.3) is 0 Å². The van der Waals surface area contributed by atoms with Gasteiger partial charge in [-0.2, -0.15) is 5.10 Å². The number of benzene rings is 1. The summed E-state index contributed by atoms with van der Waals surface area (Å²) in [5.74, 6) is 0.804. The van der Waals surface area contributed by atoms with Crippen molar-refractivity contribution in [3.8, 4) is 0 Å². The first-order valence-corrected chi connectivity index (χ1v) is 9.86. The summed E-state index contributed by atoms with van der Waals surface area (Å²) in [7, 11) is 7.76. The van der Waals surface area contributed by atoms with Gasteiger partial charge in [-0.3, -0.25) is 14.5 Å². The van der Waals surface area contributed by atoms with Crippen molar-refractivity contribution in [1.82, 2.24) is 24.9 Å². The van der Waals surface area contributed by atoms with Crippen LogP contribution >= 0.6 is 0 Å². The number of nitrogens with one attached hydrogen (secondary N) is 1. The number of piperazine rings is 1. The number of nitrogens with zero attached hydrogens (tertiary/aromatic N) is 6. The number of anilines is 1. The van der Waals surface area contributed by atoms with E-state index >= 15 is 0 Å². The lowest BCUT2D eigenvalue weighted by Crippen LogP contribution is -2.56. The van der Waals surface area contributed by atoms with Crippen molar-refractivity contribution in [2.45, 2.75) is 13.0 Å². The van der Waals surface area contributed by atoms with Gasteiger partial charge in [0.2, 0.25) is 5.91 Å². The number of aliphatic imine (C=N–C) groups is 1. The molecule has 1 aromatic carbocycles. The van der Waals surface area contributed by atoms with E-state index in [-0.39, 0.29) is 11.9 Å². The highest BCUT2D eigenvalue weighted by atomic mass is 16.2. The van der Waals surface area contributed by atoms with Gasteiger partial charge < -0.3 is 20.0 Å². The van der Waals surface area contributed by atoms with Crippen LogP contribution in [0.15, 0.2) is 41.7 Å². The van der Waals surface area contributed by atoms with Gasteiger partial charge in [-0.05, 0) is 26.6 Å². The SMILES string of the molecule is CN=C(NCC(c1ccc(C)cc1)N(C)C)N1CCN(c2cnn(C)c2)C(=O)C1. The van der Waals surface area contributed by atoms with Gasteiger partial charge in [0.05, 0.1) is 17.9 Å².